The highest BCUT2D eigenvalue weighted by Gasteiger charge is 2.27. The van der Waals surface area contributed by atoms with Gasteiger partial charge in [-0.1, -0.05) is 42.1 Å². The Balaban J connectivity index is 2.27. The molecule has 0 aliphatic carbocycles. The third kappa shape index (κ3) is 5.21. The van der Waals surface area contributed by atoms with Crippen molar-refractivity contribution in [3.63, 3.8) is 0 Å². The third-order valence-corrected chi connectivity index (χ3v) is 2.73. The standard InChI is InChI=1S/C11H11F3OS/c12-11(13,14)16-8-4-7-10(15)9-5-2-1-3-6-9/h1-3,5-6H,4,7-8H2. The molecule has 1 rings (SSSR count). The van der Waals surface area contributed by atoms with Gasteiger partial charge in [0.05, 0.1) is 0 Å². The number of hydrogen-bond donors (Lipinski definition) is 0. The average Bonchev–Trinajstić information content (AvgIpc) is 2.24. The fourth-order valence-corrected chi connectivity index (χ4v) is 1.71. The number of halogens is 3. The largest absolute Gasteiger partial charge is 0.441 e. The lowest BCUT2D eigenvalue weighted by molar-refractivity contribution is -0.0328. The fraction of sp³-hybridized carbons (Fsp3) is 0.364. The van der Waals surface area contributed by atoms with Crippen molar-refractivity contribution in [2.24, 2.45) is 0 Å². The van der Waals surface area contributed by atoms with E-state index in [1.165, 1.54) is 0 Å². The average molecular weight is 248 g/mol. The van der Waals surface area contributed by atoms with E-state index >= 15 is 0 Å². The minimum absolute atomic E-state index is 0.0674. The lowest BCUT2D eigenvalue weighted by Gasteiger charge is -2.04. The van der Waals surface area contributed by atoms with E-state index in [2.05, 4.69) is 0 Å². The second kappa shape index (κ2) is 5.94. The number of hydrogen-bond acceptors (Lipinski definition) is 2. The maximum absolute atomic E-state index is 11.8. The second-order valence-corrected chi connectivity index (χ2v) is 4.35. The van der Waals surface area contributed by atoms with Gasteiger partial charge in [0.25, 0.3) is 0 Å². The first-order chi connectivity index (χ1) is 7.49. The molecule has 1 aromatic rings. The van der Waals surface area contributed by atoms with Crippen LogP contribution in [0.15, 0.2) is 30.3 Å². The summed E-state index contributed by atoms with van der Waals surface area (Å²) in [6.07, 6.45) is 0.408. The summed E-state index contributed by atoms with van der Waals surface area (Å²) >= 11 is -0.0815. The monoisotopic (exact) mass is 248 g/mol. The zero-order valence-electron chi connectivity index (χ0n) is 8.46. The van der Waals surface area contributed by atoms with Gasteiger partial charge in [-0.05, 0) is 6.42 Å². The molecule has 0 N–H and O–H groups in total. The minimum Gasteiger partial charge on any atom is -0.294 e. The van der Waals surface area contributed by atoms with Crippen LogP contribution in [0.25, 0.3) is 0 Å². The molecule has 0 fully saturated rings. The lowest BCUT2D eigenvalue weighted by Crippen LogP contribution is -2.04. The van der Waals surface area contributed by atoms with Gasteiger partial charge in [-0.25, -0.2) is 0 Å². The molecule has 0 aromatic heterocycles. The lowest BCUT2D eigenvalue weighted by atomic mass is 10.1. The van der Waals surface area contributed by atoms with Gasteiger partial charge in [0.2, 0.25) is 0 Å². The summed E-state index contributed by atoms with van der Waals surface area (Å²) in [4.78, 5) is 11.5. The molecule has 16 heavy (non-hydrogen) atoms. The fourth-order valence-electron chi connectivity index (χ4n) is 1.19. The van der Waals surface area contributed by atoms with Crippen molar-refractivity contribution in [1.82, 2.24) is 0 Å². The molecule has 0 radical (unpaired) electrons. The van der Waals surface area contributed by atoms with Gasteiger partial charge in [-0.2, -0.15) is 13.2 Å². The molecule has 0 aliphatic heterocycles. The highest BCUT2D eigenvalue weighted by atomic mass is 32.2. The zero-order chi connectivity index (χ0) is 12.0. The summed E-state index contributed by atoms with van der Waals surface area (Å²) < 4.78 is 35.3. The van der Waals surface area contributed by atoms with Crippen molar-refractivity contribution in [2.45, 2.75) is 18.3 Å². The van der Waals surface area contributed by atoms with Crippen LogP contribution in [0.3, 0.4) is 0 Å². The summed E-state index contributed by atoms with van der Waals surface area (Å²) in [5.41, 5.74) is -3.64. The van der Waals surface area contributed by atoms with E-state index in [1.54, 1.807) is 30.3 Å². The van der Waals surface area contributed by atoms with Crippen molar-refractivity contribution in [3.05, 3.63) is 35.9 Å². The zero-order valence-corrected chi connectivity index (χ0v) is 9.27. The maximum Gasteiger partial charge on any atom is 0.441 e. The van der Waals surface area contributed by atoms with Crippen molar-refractivity contribution in [1.29, 1.82) is 0 Å². The molecular weight excluding hydrogens is 237 g/mol. The Morgan fingerprint density at radius 2 is 1.81 bits per heavy atom. The van der Waals surface area contributed by atoms with Gasteiger partial charge in [0.1, 0.15) is 0 Å². The van der Waals surface area contributed by atoms with Crippen LogP contribution in [-0.2, 0) is 0 Å². The van der Waals surface area contributed by atoms with Gasteiger partial charge in [0.15, 0.2) is 5.78 Å². The number of Topliss-reactive ketones (excluding diaryl/α,β-unsaturated/α-hetero) is 1. The topological polar surface area (TPSA) is 17.1 Å². The SMILES string of the molecule is O=C(CCCSC(F)(F)F)c1ccccc1. The Morgan fingerprint density at radius 1 is 1.19 bits per heavy atom. The number of thioether (sulfide) groups is 1. The third-order valence-electron chi connectivity index (χ3n) is 1.91. The van der Waals surface area contributed by atoms with E-state index in [-0.39, 0.29) is 36.1 Å². The van der Waals surface area contributed by atoms with Gasteiger partial charge in [-0.3, -0.25) is 4.79 Å². The molecule has 0 saturated heterocycles. The van der Waals surface area contributed by atoms with E-state index in [4.69, 9.17) is 0 Å². The Hall–Kier alpha value is -0.970. The summed E-state index contributed by atoms with van der Waals surface area (Å²) in [5, 5.41) is 0. The van der Waals surface area contributed by atoms with Gasteiger partial charge in [-0.15, -0.1) is 0 Å². The Bertz CT molecular complexity index is 335. The van der Waals surface area contributed by atoms with Crippen LogP contribution in [0.1, 0.15) is 23.2 Å². The van der Waals surface area contributed by atoms with E-state index < -0.39 is 5.51 Å². The quantitative estimate of drug-likeness (QED) is 0.580. The van der Waals surface area contributed by atoms with Crippen molar-refractivity contribution in [3.8, 4) is 0 Å². The van der Waals surface area contributed by atoms with Crippen molar-refractivity contribution >= 4 is 17.5 Å². The molecule has 0 bridgehead atoms. The Kier molecular flexibility index (Phi) is 4.86. The second-order valence-electron chi connectivity index (χ2n) is 3.19. The normalized spacial score (nSPS) is 11.4. The molecule has 1 nitrogen and oxygen atoms in total. The van der Waals surface area contributed by atoms with Crippen LogP contribution in [0, 0.1) is 0 Å². The van der Waals surface area contributed by atoms with Crippen molar-refractivity contribution in [2.75, 3.05) is 5.75 Å². The predicted octanol–water partition coefficient (Wildman–Crippen LogP) is 3.90. The first kappa shape index (κ1) is 13.1. The number of ketones is 1. The van der Waals surface area contributed by atoms with Gasteiger partial charge in [0, 0.05) is 17.7 Å². The highest BCUT2D eigenvalue weighted by Crippen LogP contribution is 2.30. The van der Waals surface area contributed by atoms with Gasteiger partial charge < -0.3 is 0 Å². The van der Waals surface area contributed by atoms with Crippen molar-refractivity contribution < 1.29 is 18.0 Å². The highest BCUT2D eigenvalue weighted by molar-refractivity contribution is 8.00. The number of rotatable bonds is 5. The summed E-state index contributed by atoms with van der Waals surface area (Å²) in [7, 11) is 0. The first-order valence-corrected chi connectivity index (χ1v) is 5.76. The maximum atomic E-state index is 11.8. The van der Waals surface area contributed by atoms with Crippen LogP contribution in [0.5, 0.6) is 0 Å². The molecule has 0 heterocycles. The molecule has 5 heteroatoms. The Morgan fingerprint density at radius 3 is 2.38 bits per heavy atom. The van der Waals surface area contributed by atoms with Crippen LogP contribution in [0.4, 0.5) is 13.2 Å². The summed E-state index contributed by atoms with van der Waals surface area (Å²) in [6.45, 7) is 0. The van der Waals surface area contributed by atoms with Crippen LogP contribution >= 0.6 is 11.8 Å². The molecule has 0 aliphatic rings. The first-order valence-electron chi connectivity index (χ1n) is 4.78. The molecule has 88 valence electrons. The number of alkyl halides is 3. The number of benzene rings is 1. The molecular formula is C11H11F3OS. The van der Waals surface area contributed by atoms with Crippen LogP contribution in [-0.4, -0.2) is 17.0 Å². The smallest absolute Gasteiger partial charge is 0.294 e. The van der Waals surface area contributed by atoms with E-state index in [0.29, 0.717) is 5.56 Å². The Labute approximate surface area is 96.0 Å². The van der Waals surface area contributed by atoms with Crippen LogP contribution in [0.2, 0.25) is 0 Å². The number of carbonyl (C=O) groups excluding carboxylic acids is 1. The minimum atomic E-state index is -4.20. The predicted molar refractivity (Wildman–Crippen MR) is 58.5 cm³/mol. The molecule has 0 amide bonds. The summed E-state index contributed by atoms with van der Waals surface area (Å²) in [5.74, 6) is -0.175. The summed E-state index contributed by atoms with van der Waals surface area (Å²) in [6, 6.07) is 8.59. The van der Waals surface area contributed by atoms with E-state index in [1.807, 2.05) is 0 Å². The van der Waals surface area contributed by atoms with E-state index in [0.717, 1.165) is 0 Å². The van der Waals surface area contributed by atoms with E-state index in [9.17, 15) is 18.0 Å². The molecule has 0 atom stereocenters. The molecule has 1 aromatic carbocycles. The van der Waals surface area contributed by atoms with Gasteiger partial charge >= 0.3 is 5.51 Å². The number of carbonyl (C=O) groups is 1. The molecule has 0 saturated carbocycles. The molecule has 0 spiro atoms. The molecule has 0 unspecified atom stereocenters. The van der Waals surface area contributed by atoms with Crippen LogP contribution < -0.4 is 0 Å².